The number of hydrogen-bond donors (Lipinski definition) is 3. The standard InChI is InChI=1S/C24H23N3O5S2/c1-15-11-12-16(13-22(15)34(30,31)27-17-7-3-5-9-19(17)32-2)25-23(28)14-21-24(29)26-18-8-4-6-10-20(18)33-21/h3-13,21,27H,14H2,1-2H3,(H,25,28)(H,26,29). The highest BCUT2D eigenvalue weighted by Gasteiger charge is 2.29. The maximum Gasteiger partial charge on any atom is 0.262 e. The normalized spacial score (nSPS) is 15.1. The third-order valence-electron chi connectivity index (χ3n) is 5.19. The van der Waals surface area contributed by atoms with Crippen molar-refractivity contribution in [2.24, 2.45) is 0 Å². The first-order chi connectivity index (χ1) is 16.3. The second kappa shape index (κ2) is 9.78. The number of fused-ring (bicyclic) bond motifs is 1. The Morgan fingerprint density at radius 2 is 1.82 bits per heavy atom. The van der Waals surface area contributed by atoms with Crippen LogP contribution in [0.4, 0.5) is 17.1 Å². The molecule has 0 fully saturated rings. The zero-order valence-electron chi connectivity index (χ0n) is 18.5. The smallest absolute Gasteiger partial charge is 0.262 e. The van der Waals surface area contributed by atoms with Gasteiger partial charge in [0, 0.05) is 17.0 Å². The van der Waals surface area contributed by atoms with E-state index in [1.54, 1.807) is 43.3 Å². The fourth-order valence-electron chi connectivity index (χ4n) is 3.50. The molecule has 10 heteroatoms. The highest BCUT2D eigenvalue weighted by molar-refractivity contribution is 8.01. The number of hydrogen-bond acceptors (Lipinski definition) is 6. The number of nitrogens with one attached hydrogen (secondary N) is 3. The molecule has 3 N–H and O–H groups in total. The van der Waals surface area contributed by atoms with Gasteiger partial charge in [0.1, 0.15) is 5.75 Å². The Morgan fingerprint density at radius 3 is 2.62 bits per heavy atom. The number of aryl methyl sites for hydroxylation is 1. The first kappa shape index (κ1) is 23.7. The molecule has 4 rings (SSSR count). The van der Waals surface area contributed by atoms with E-state index in [1.807, 2.05) is 24.3 Å². The molecule has 8 nitrogen and oxygen atoms in total. The van der Waals surface area contributed by atoms with Crippen molar-refractivity contribution in [2.45, 2.75) is 28.4 Å². The molecule has 2 amide bonds. The van der Waals surface area contributed by atoms with Crippen molar-refractivity contribution in [3.63, 3.8) is 0 Å². The molecule has 3 aromatic rings. The van der Waals surface area contributed by atoms with Gasteiger partial charge in [-0.3, -0.25) is 14.3 Å². The highest BCUT2D eigenvalue weighted by atomic mass is 32.2. The summed E-state index contributed by atoms with van der Waals surface area (Å²) in [5.74, 6) is -0.248. The summed E-state index contributed by atoms with van der Waals surface area (Å²) in [5, 5.41) is 4.93. The molecular weight excluding hydrogens is 474 g/mol. The minimum atomic E-state index is -3.95. The lowest BCUT2D eigenvalue weighted by Crippen LogP contribution is -2.32. The van der Waals surface area contributed by atoms with Gasteiger partial charge in [-0.25, -0.2) is 8.42 Å². The SMILES string of the molecule is COc1ccccc1NS(=O)(=O)c1cc(NC(=O)CC2Sc3ccccc3NC2=O)ccc1C. The van der Waals surface area contributed by atoms with Crippen molar-refractivity contribution >= 4 is 50.7 Å². The van der Waals surface area contributed by atoms with Crippen LogP contribution in [-0.4, -0.2) is 32.6 Å². The lowest BCUT2D eigenvalue weighted by Gasteiger charge is -2.23. The molecule has 1 aliphatic rings. The monoisotopic (exact) mass is 497 g/mol. The number of anilines is 3. The molecular formula is C24H23N3O5S2. The minimum Gasteiger partial charge on any atom is -0.495 e. The van der Waals surface area contributed by atoms with Crippen LogP contribution in [0.5, 0.6) is 5.75 Å². The number of benzene rings is 3. The molecule has 34 heavy (non-hydrogen) atoms. The van der Waals surface area contributed by atoms with Gasteiger partial charge in [0.15, 0.2) is 0 Å². The number of carbonyl (C=O) groups is 2. The molecule has 1 atom stereocenters. The van der Waals surface area contributed by atoms with Crippen LogP contribution in [0.1, 0.15) is 12.0 Å². The van der Waals surface area contributed by atoms with Crippen LogP contribution in [0, 0.1) is 6.92 Å². The van der Waals surface area contributed by atoms with E-state index in [2.05, 4.69) is 15.4 Å². The van der Waals surface area contributed by atoms with Gasteiger partial charge in [0.25, 0.3) is 10.0 Å². The first-order valence-electron chi connectivity index (χ1n) is 10.4. The zero-order valence-corrected chi connectivity index (χ0v) is 20.1. The first-order valence-corrected chi connectivity index (χ1v) is 12.8. The van der Waals surface area contributed by atoms with Crippen molar-refractivity contribution in [3.05, 3.63) is 72.3 Å². The summed E-state index contributed by atoms with van der Waals surface area (Å²) in [5.41, 5.74) is 1.86. The summed E-state index contributed by atoms with van der Waals surface area (Å²) >= 11 is 1.33. The van der Waals surface area contributed by atoms with Crippen LogP contribution in [0.25, 0.3) is 0 Å². The Bertz CT molecular complexity index is 1360. The van der Waals surface area contributed by atoms with Crippen molar-refractivity contribution in [2.75, 3.05) is 22.5 Å². The van der Waals surface area contributed by atoms with Crippen molar-refractivity contribution < 1.29 is 22.7 Å². The fraction of sp³-hybridized carbons (Fsp3) is 0.167. The van der Waals surface area contributed by atoms with E-state index in [1.165, 1.54) is 24.9 Å². The quantitative estimate of drug-likeness (QED) is 0.450. The average Bonchev–Trinajstić information content (AvgIpc) is 2.81. The molecule has 0 aliphatic carbocycles. The summed E-state index contributed by atoms with van der Waals surface area (Å²) in [6.07, 6.45) is -0.0553. The Labute approximate surface area is 202 Å². The van der Waals surface area contributed by atoms with Gasteiger partial charge in [0.2, 0.25) is 11.8 Å². The number of thioether (sulfide) groups is 1. The van der Waals surface area contributed by atoms with Crippen LogP contribution >= 0.6 is 11.8 Å². The van der Waals surface area contributed by atoms with Crippen LogP contribution in [0.3, 0.4) is 0 Å². The molecule has 0 spiro atoms. The minimum absolute atomic E-state index is 0.0231. The number of rotatable bonds is 7. The van der Waals surface area contributed by atoms with E-state index in [0.717, 1.165) is 10.6 Å². The van der Waals surface area contributed by atoms with Crippen LogP contribution in [0.15, 0.2) is 76.5 Å². The zero-order chi connectivity index (χ0) is 24.3. The molecule has 0 radical (unpaired) electrons. The van der Waals surface area contributed by atoms with E-state index in [-0.39, 0.29) is 17.2 Å². The second-order valence-corrected chi connectivity index (χ2v) is 10.5. The van der Waals surface area contributed by atoms with Gasteiger partial charge in [0.05, 0.1) is 28.6 Å². The Balaban J connectivity index is 1.49. The highest BCUT2D eigenvalue weighted by Crippen LogP contribution is 2.36. The van der Waals surface area contributed by atoms with E-state index < -0.39 is 21.2 Å². The predicted molar refractivity (Wildman–Crippen MR) is 133 cm³/mol. The molecule has 0 saturated carbocycles. The predicted octanol–water partition coefficient (Wildman–Crippen LogP) is 4.25. The Hall–Kier alpha value is -3.50. The molecule has 1 aliphatic heterocycles. The fourth-order valence-corrected chi connectivity index (χ4v) is 5.96. The van der Waals surface area contributed by atoms with Gasteiger partial charge >= 0.3 is 0 Å². The number of amides is 2. The molecule has 0 saturated heterocycles. The second-order valence-electron chi connectivity index (χ2n) is 7.63. The number of sulfonamides is 1. The molecule has 1 heterocycles. The number of methoxy groups -OCH3 is 1. The number of para-hydroxylation sites is 3. The Kier molecular flexibility index (Phi) is 6.80. The Morgan fingerprint density at radius 1 is 1.09 bits per heavy atom. The van der Waals surface area contributed by atoms with Crippen LogP contribution in [0.2, 0.25) is 0 Å². The van der Waals surface area contributed by atoms with E-state index in [4.69, 9.17) is 4.74 Å². The van der Waals surface area contributed by atoms with Crippen LogP contribution < -0.4 is 20.1 Å². The summed E-state index contributed by atoms with van der Waals surface area (Å²) in [6.45, 7) is 1.67. The topological polar surface area (TPSA) is 114 Å². The van der Waals surface area contributed by atoms with Crippen molar-refractivity contribution in [3.8, 4) is 5.75 Å². The summed E-state index contributed by atoms with van der Waals surface area (Å²) in [4.78, 5) is 26.0. The molecule has 176 valence electrons. The summed E-state index contributed by atoms with van der Waals surface area (Å²) < 4.78 is 33.9. The van der Waals surface area contributed by atoms with Crippen molar-refractivity contribution in [1.82, 2.24) is 0 Å². The molecule has 0 bridgehead atoms. The molecule has 3 aromatic carbocycles. The maximum absolute atomic E-state index is 13.1. The van der Waals surface area contributed by atoms with E-state index in [0.29, 0.717) is 22.7 Å². The van der Waals surface area contributed by atoms with Gasteiger partial charge in [-0.05, 0) is 48.9 Å². The summed E-state index contributed by atoms with van der Waals surface area (Å²) in [7, 11) is -2.50. The van der Waals surface area contributed by atoms with Gasteiger partial charge in [-0.2, -0.15) is 0 Å². The largest absolute Gasteiger partial charge is 0.495 e. The lowest BCUT2D eigenvalue weighted by molar-refractivity contribution is -0.120. The maximum atomic E-state index is 13.1. The number of ether oxygens (including phenoxy) is 1. The molecule has 1 unspecified atom stereocenters. The third-order valence-corrected chi connectivity index (χ3v) is 7.97. The van der Waals surface area contributed by atoms with E-state index in [9.17, 15) is 18.0 Å². The van der Waals surface area contributed by atoms with Crippen molar-refractivity contribution in [1.29, 1.82) is 0 Å². The lowest BCUT2D eigenvalue weighted by atomic mass is 10.2. The van der Waals surface area contributed by atoms with Gasteiger partial charge in [-0.15, -0.1) is 11.8 Å². The van der Waals surface area contributed by atoms with E-state index >= 15 is 0 Å². The van der Waals surface area contributed by atoms with Gasteiger partial charge in [-0.1, -0.05) is 30.3 Å². The number of carbonyl (C=O) groups excluding carboxylic acids is 2. The summed E-state index contributed by atoms with van der Waals surface area (Å²) in [6, 6.07) is 18.7. The average molecular weight is 498 g/mol. The van der Waals surface area contributed by atoms with Gasteiger partial charge < -0.3 is 15.4 Å². The third kappa shape index (κ3) is 5.18. The van der Waals surface area contributed by atoms with Crippen LogP contribution in [-0.2, 0) is 19.6 Å². The molecule has 0 aromatic heterocycles.